The van der Waals surface area contributed by atoms with E-state index in [1.807, 2.05) is 6.08 Å². The van der Waals surface area contributed by atoms with Crippen molar-refractivity contribution < 1.29 is 59.0 Å². The van der Waals surface area contributed by atoms with Gasteiger partial charge in [-0.05, 0) is 89.6 Å². The molecular weight excluding hydrogens is 853 g/mol. The molecule has 2 aliphatic carbocycles. The van der Waals surface area contributed by atoms with Crippen LogP contribution in [0.3, 0.4) is 0 Å². The average Bonchev–Trinajstić information content (AvgIpc) is 4.11. The summed E-state index contributed by atoms with van der Waals surface area (Å²) in [6.07, 6.45) is 0.538. The molecule has 1 saturated heterocycles. The SMILES string of the molecule is CC(C)(C)OC(=O)NC1CCCCC/C=C\C2CC2(C(=O)NS(=O)(=O)C2CC2)NC(=O)C2CC(Oc3nc(-c4ccc(C(F)(F)F)cc4)nc4c3oc3ccc(F)cc34)CN2C1=O. The maximum atomic E-state index is 14.7. The summed E-state index contributed by atoms with van der Waals surface area (Å²) in [5.41, 5.74) is -3.07. The predicted octanol–water partition coefficient (Wildman–Crippen LogP) is 6.45. The second-order valence-corrected chi connectivity index (χ2v) is 19.5. The molecule has 3 N–H and O–H groups in total. The van der Waals surface area contributed by atoms with Crippen molar-refractivity contribution in [2.24, 2.45) is 5.92 Å². The van der Waals surface area contributed by atoms with Crippen LogP contribution >= 0.6 is 0 Å². The first-order valence-electron chi connectivity index (χ1n) is 20.8. The molecule has 20 heteroatoms. The number of carbonyl (C=O) groups is 4. The van der Waals surface area contributed by atoms with E-state index < -0.39 is 91.9 Å². The molecule has 0 radical (unpaired) electrons. The largest absolute Gasteiger partial charge is 0.470 e. The highest BCUT2D eigenvalue weighted by Gasteiger charge is 2.62. The van der Waals surface area contributed by atoms with E-state index >= 15 is 0 Å². The number of halogens is 4. The van der Waals surface area contributed by atoms with Gasteiger partial charge in [-0.2, -0.15) is 18.2 Å². The van der Waals surface area contributed by atoms with Crippen LogP contribution in [-0.4, -0.2) is 88.2 Å². The van der Waals surface area contributed by atoms with Crippen molar-refractivity contribution >= 4 is 55.9 Å². The van der Waals surface area contributed by atoms with Gasteiger partial charge in [0.2, 0.25) is 27.4 Å². The number of alkyl halides is 3. The Morgan fingerprint density at radius 1 is 1.00 bits per heavy atom. The highest BCUT2D eigenvalue weighted by Crippen LogP contribution is 2.46. The second kappa shape index (κ2) is 16.4. The number of aromatic nitrogens is 2. The van der Waals surface area contributed by atoms with Crippen LogP contribution in [-0.2, 0) is 35.3 Å². The molecule has 336 valence electrons. The normalized spacial score (nSPS) is 25.3. The molecule has 4 aromatic rings. The minimum Gasteiger partial charge on any atom is -0.470 e. The molecule has 4 amide bonds. The Balaban J connectivity index is 1.16. The lowest BCUT2D eigenvalue weighted by Crippen LogP contribution is -2.58. The summed E-state index contributed by atoms with van der Waals surface area (Å²) >= 11 is 0. The van der Waals surface area contributed by atoms with Crippen LogP contribution < -0.4 is 20.1 Å². The topological polar surface area (TPSA) is 199 Å². The van der Waals surface area contributed by atoms with Crippen LogP contribution in [0.15, 0.2) is 59.0 Å². The number of carbonyl (C=O) groups excluding carboxylic acids is 4. The van der Waals surface area contributed by atoms with Crippen molar-refractivity contribution in [3.05, 3.63) is 66.0 Å². The van der Waals surface area contributed by atoms with Crippen LogP contribution in [0.25, 0.3) is 33.5 Å². The Morgan fingerprint density at radius 2 is 1.75 bits per heavy atom. The average molecular weight is 899 g/mol. The van der Waals surface area contributed by atoms with Crippen molar-refractivity contribution in [3.63, 3.8) is 0 Å². The highest BCUT2D eigenvalue weighted by molar-refractivity contribution is 7.91. The molecule has 2 saturated carbocycles. The van der Waals surface area contributed by atoms with E-state index in [1.165, 1.54) is 29.2 Å². The number of nitrogens with zero attached hydrogens (tertiary/aromatic N) is 3. The third kappa shape index (κ3) is 9.45. The standard InChI is InChI=1S/C43H46F4N6O9S/c1-41(2,3)62-40(57)48-30-10-8-6-4-5-7-9-25-21-42(25,39(56)52-63(58,59)28-16-17-28)51-36(54)31-20-27(22-53(31)38(30)55)60-37-34-33(29-19-26(44)15-18-32(29)61-34)49-35(50-37)23-11-13-24(14-12-23)43(45,46)47/h7,9,11-15,18-19,25,27-28,30-31H,4-6,8,10,16-17,20-22H2,1-3H3,(H,48,57)(H,51,54)(H,52,56)/b9-7-. The predicted molar refractivity (Wildman–Crippen MR) is 219 cm³/mol. The quantitative estimate of drug-likeness (QED) is 0.136. The van der Waals surface area contributed by atoms with Crippen LogP contribution in [0.5, 0.6) is 5.88 Å². The number of furan rings is 1. The first kappa shape index (κ1) is 43.8. The zero-order chi connectivity index (χ0) is 45.1. The zero-order valence-electron chi connectivity index (χ0n) is 34.6. The number of alkyl carbamates (subject to hydrolysis) is 1. The second-order valence-electron chi connectivity index (χ2n) is 17.5. The molecule has 15 nitrogen and oxygen atoms in total. The van der Waals surface area contributed by atoms with Crippen LogP contribution in [0.2, 0.25) is 0 Å². The van der Waals surface area contributed by atoms with Gasteiger partial charge in [-0.25, -0.2) is 22.6 Å². The summed E-state index contributed by atoms with van der Waals surface area (Å²) in [6.45, 7) is 4.73. The number of amides is 4. The van der Waals surface area contributed by atoms with E-state index in [1.54, 1.807) is 26.8 Å². The molecule has 5 atom stereocenters. The Bertz CT molecular complexity index is 2610. The van der Waals surface area contributed by atoms with Crippen molar-refractivity contribution in [1.29, 1.82) is 0 Å². The fourth-order valence-corrected chi connectivity index (χ4v) is 9.43. The molecule has 0 bridgehead atoms. The van der Waals surface area contributed by atoms with Crippen molar-refractivity contribution in [2.45, 2.75) is 119 Å². The van der Waals surface area contributed by atoms with Gasteiger partial charge < -0.3 is 29.4 Å². The number of benzene rings is 2. The smallest absolute Gasteiger partial charge is 0.416 e. The number of hydrogen-bond donors (Lipinski definition) is 3. The number of rotatable bonds is 7. The minimum atomic E-state index is -4.61. The molecule has 2 aromatic heterocycles. The molecular formula is C43H46F4N6O9S. The Labute approximate surface area is 359 Å². The summed E-state index contributed by atoms with van der Waals surface area (Å²) in [5.74, 6) is -3.81. The highest BCUT2D eigenvalue weighted by atomic mass is 32.2. The third-order valence-electron chi connectivity index (χ3n) is 11.5. The summed E-state index contributed by atoms with van der Waals surface area (Å²) in [7, 11) is -4.00. The van der Waals surface area contributed by atoms with Gasteiger partial charge in [0.05, 0.1) is 17.4 Å². The van der Waals surface area contributed by atoms with Crippen LogP contribution in [0.4, 0.5) is 22.4 Å². The fraction of sp³-hybridized carbons (Fsp3) is 0.488. The van der Waals surface area contributed by atoms with Gasteiger partial charge in [0.15, 0.2) is 5.82 Å². The van der Waals surface area contributed by atoms with Gasteiger partial charge in [-0.15, -0.1) is 0 Å². The van der Waals surface area contributed by atoms with Crippen molar-refractivity contribution in [2.75, 3.05) is 6.54 Å². The lowest BCUT2D eigenvalue weighted by molar-refractivity contribution is -0.141. The summed E-state index contributed by atoms with van der Waals surface area (Å²) < 4.78 is 101. The molecule has 4 aliphatic rings. The van der Waals surface area contributed by atoms with E-state index in [-0.39, 0.29) is 65.1 Å². The number of fused-ring (bicyclic) bond motifs is 5. The van der Waals surface area contributed by atoms with Gasteiger partial charge >= 0.3 is 12.3 Å². The number of allylic oxidation sites excluding steroid dienone is 1. The van der Waals surface area contributed by atoms with Gasteiger partial charge in [0, 0.05) is 23.3 Å². The van der Waals surface area contributed by atoms with E-state index in [9.17, 15) is 45.2 Å². The molecule has 2 aromatic carbocycles. The number of sulfonamides is 1. The van der Waals surface area contributed by atoms with E-state index in [0.29, 0.717) is 38.5 Å². The molecule has 63 heavy (non-hydrogen) atoms. The van der Waals surface area contributed by atoms with E-state index in [4.69, 9.17) is 13.9 Å². The molecule has 4 heterocycles. The molecule has 8 rings (SSSR count). The Hall–Kier alpha value is -5.79. The lowest BCUT2D eigenvalue weighted by Gasteiger charge is -2.30. The maximum Gasteiger partial charge on any atom is 0.416 e. The fourth-order valence-electron chi connectivity index (χ4n) is 8.06. The lowest BCUT2D eigenvalue weighted by atomic mass is 10.0. The van der Waals surface area contributed by atoms with Crippen LogP contribution in [0, 0.1) is 11.7 Å². The first-order valence-corrected chi connectivity index (χ1v) is 22.3. The first-order chi connectivity index (χ1) is 29.7. The van der Waals surface area contributed by atoms with E-state index in [2.05, 4.69) is 25.3 Å². The molecule has 5 unspecified atom stereocenters. The minimum absolute atomic E-state index is 0.0453. The third-order valence-corrected chi connectivity index (χ3v) is 13.3. The van der Waals surface area contributed by atoms with Crippen molar-refractivity contribution in [3.8, 4) is 17.3 Å². The van der Waals surface area contributed by atoms with Gasteiger partial charge in [0.1, 0.15) is 46.2 Å². The molecule has 3 fully saturated rings. The number of nitrogens with one attached hydrogen (secondary N) is 3. The summed E-state index contributed by atoms with van der Waals surface area (Å²) in [5, 5.41) is 4.97. The number of hydrogen-bond acceptors (Lipinski definition) is 11. The van der Waals surface area contributed by atoms with Gasteiger partial charge in [-0.1, -0.05) is 37.1 Å². The Kier molecular flexibility index (Phi) is 11.4. The van der Waals surface area contributed by atoms with Gasteiger partial charge in [0.25, 0.3) is 11.8 Å². The van der Waals surface area contributed by atoms with Crippen LogP contribution in [0.1, 0.15) is 84.1 Å². The van der Waals surface area contributed by atoms with E-state index in [0.717, 1.165) is 18.2 Å². The van der Waals surface area contributed by atoms with Crippen molar-refractivity contribution in [1.82, 2.24) is 30.2 Å². The maximum absolute atomic E-state index is 14.7. The Morgan fingerprint density at radius 3 is 2.44 bits per heavy atom. The summed E-state index contributed by atoms with van der Waals surface area (Å²) in [4.78, 5) is 66.4. The summed E-state index contributed by atoms with van der Waals surface area (Å²) in [6, 6.07) is 5.27. The molecule has 2 aliphatic heterocycles. The number of ether oxygens (including phenoxy) is 2. The monoisotopic (exact) mass is 898 g/mol. The van der Waals surface area contributed by atoms with Gasteiger partial charge in [-0.3, -0.25) is 19.1 Å². The molecule has 0 spiro atoms. The zero-order valence-corrected chi connectivity index (χ0v) is 35.4.